The van der Waals surface area contributed by atoms with Crippen LogP contribution in [-0.2, 0) is 4.79 Å². The highest BCUT2D eigenvalue weighted by molar-refractivity contribution is 14.1. The SMILES string of the molecule is COc1ccc([C@H]2NC(=O)N([C@H](CNc3ccc(I)cc3)[C@@H](C)c3ccccc3)C2=O)cc1. The van der Waals surface area contributed by atoms with Crippen molar-refractivity contribution in [2.24, 2.45) is 0 Å². The van der Waals surface area contributed by atoms with Gasteiger partial charge in [-0.15, -0.1) is 0 Å². The number of amides is 3. The maximum Gasteiger partial charge on any atom is 0.325 e. The van der Waals surface area contributed by atoms with E-state index in [9.17, 15) is 9.59 Å². The van der Waals surface area contributed by atoms with Gasteiger partial charge in [-0.05, 0) is 70.1 Å². The van der Waals surface area contributed by atoms with Crippen LogP contribution in [0.4, 0.5) is 10.5 Å². The zero-order valence-corrected chi connectivity index (χ0v) is 20.7. The van der Waals surface area contributed by atoms with Crippen molar-refractivity contribution in [1.29, 1.82) is 0 Å². The topological polar surface area (TPSA) is 70.7 Å². The second kappa shape index (κ2) is 10.2. The molecule has 1 aliphatic rings. The molecule has 3 aromatic carbocycles. The molecular weight excluding hydrogens is 529 g/mol. The molecule has 1 aliphatic heterocycles. The molecule has 0 saturated carbocycles. The quantitative estimate of drug-likeness (QED) is 0.297. The van der Waals surface area contributed by atoms with Crippen LogP contribution in [0.25, 0.3) is 0 Å². The second-order valence-electron chi connectivity index (χ2n) is 8.02. The summed E-state index contributed by atoms with van der Waals surface area (Å²) in [6.45, 7) is 2.49. The minimum Gasteiger partial charge on any atom is -0.497 e. The number of methoxy groups -OCH3 is 1. The van der Waals surface area contributed by atoms with E-state index in [4.69, 9.17) is 4.74 Å². The zero-order chi connectivity index (χ0) is 23.4. The molecule has 3 amide bonds. The van der Waals surface area contributed by atoms with Gasteiger partial charge in [-0.1, -0.05) is 49.4 Å². The number of hydrogen-bond acceptors (Lipinski definition) is 4. The summed E-state index contributed by atoms with van der Waals surface area (Å²) in [4.78, 5) is 27.9. The lowest BCUT2D eigenvalue weighted by atomic mass is 9.91. The Morgan fingerprint density at radius 2 is 1.67 bits per heavy atom. The Morgan fingerprint density at radius 1 is 1.00 bits per heavy atom. The third kappa shape index (κ3) is 5.13. The minimum atomic E-state index is -0.716. The smallest absolute Gasteiger partial charge is 0.325 e. The molecule has 2 N–H and O–H groups in total. The highest BCUT2D eigenvalue weighted by atomic mass is 127. The highest BCUT2D eigenvalue weighted by Crippen LogP contribution is 2.31. The Morgan fingerprint density at radius 3 is 2.30 bits per heavy atom. The van der Waals surface area contributed by atoms with Gasteiger partial charge >= 0.3 is 6.03 Å². The Labute approximate surface area is 207 Å². The number of benzene rings is 3. The molecule has 0 aromatic heterocycles. The van der Waals surface area contributed by atoms with Gasteiger partial charge in [0.1, 0.15) is 11.8 Å². The highest BCUT2D eigenvalue weighted by Gasteiger charge is 2.44. The standard InChI is InChI=1S/C26H26IN3O3/c1-17(18-6-4-3-5-7-18)23(16-28-21-12-10-20(27)11-13-21)30-25(31)24(29-26(30)32)19-8-14-22(33-2)15-9-19/h3-15,17,23-24,28H,16H2,1-2H3,(H,29,32)/t17-,23+,24+/m0/s1. The summed E-state index contributed by atoms with van der Waals surface area (Å²) in [7, 11) is 1.59. The first kappa shape index (κ1) is 23.1. The van der Waals surface area contributed by atoms with Crippen LogP contribution in [0.15, 0.2) is 78.9 Å². The zero-order valence-electron chi connectivity index (χ0n) is 18.5. The van der Waals surface area contributed by atoms with E-state index >= 15 is 0 Å². The molecule has 7 heteroatoms. The van der Waals surface area contributed by atoms with Gasteiger partial charge in [-0.3, -0.25) is 9.69 Å². The van der Waals surface area contributed by atoms with Crippen LogP contribution in [-0.4, -0.2) is 36.5 Å². The molecule has 170 valence electrons. The van der Waals surface area contributed by atoms with Crippen LogP contribution in [0.3, 0.4) is 0 Å². The molecule has 6 nitrogen and oxygen atoms in total. The summed E-state index contributed by atoms with van der Waals surface area (Å²) in [5, 5.41) is 6.28. The van der Waals surface area contributed by atoms with Crippen molar-refractivity contribution < 1.29 is 14.3 Å². The number of carbonyl (C=O) groups is 2. The van der Waals surface area contributed by atoms with E-state index in [1.165, 1.54) is 4.90 Å². The molecule has 0 aliphatic carbocycles. The summed E-state index contributed by atoms with van der Waals surface area (Å²) in [6, 6.07) is 23.7. The monoisotopic (exact) mass is 555 g/mol. The van der Waals surface area contributed by atoms with Crippen molar-refractivity contribution >= 4 is 40.2 Å². The van der Waals surface area contributed by atoms with Gasteiger partial charge in [0, 0.05) is 21.7 Å². The third-order valence-corrected chi connectivity index (χ3v) is 6.73. The molecule has 1 heterocycles. The number of nitrogens with one attached hydrogen (secondary N) is 2. The van der Waals surface area contributed by atoms with E-state index < -0.39 is 6.04 Å². The largest absolute Gasteiger partial charge is 0.497 e. The van der Waals surface area contributed by atoms with Crippen molar-refractivity contribution in [3.05, 3.63) is 93.6 Å². The van der Waals surface area contributed by atoms with E-state index in [0.29, 0.717) is 12.3 Å². The van der Waals surface area contributed by atoms with Crippen molar-refractivity contribution in [2.75, 3.05) is 19.0 Å². The van der Waals surface area contributed by atoms with Crippen LogP contribution in [0.2, 0.25) is 0 Å². The van der Waals surface area contributed by atoms with Gasteiger partial charge < -0.3 is 15.4 Å². The Balaban J connectivity index is 1.61. The predicted molar refractivity (Wildman–Crippen MR) is 137 cm³/mol. The number of anilines is 1. The number of ether oxygens (including phenoxy) is 1. The fraction of sp³-hybridized carbons (Fsp3) is 0.231. The summed E-state index contributed by atoms with van der Waals surface area (Å²) >= 11 is 2.26. The van der Waals surface area contributed by atoms with Crippen molar-refractivity contribution in [3.63, 3.8) is 0 Å². The van der Waals surface area contributed by atoms with E-state index in [1.54, 1.807) is 19.2 Å². The maximum absolute atomic E-state index is 13.5. The first-order valence-corrected chi connectivity index (χ1v) is 11.9. The van der Waals surface area contributed by atoms with Crippen LogP contribution in [0.1, 0.15) is 30.0 Å². The predicted octanol–water partition coefficient (Wildman–Crippen LogP) is 5.18. The first-order chi connectivity index (χ1) is 16.0. The van der Waals surface area contributed by atoms with E-state index in [0.717, 1.165) is 20.4 Å². The Bertz CT molecular complexity index is 1100. The number of hydrogen-bond donors (Lipinski definition) is 2. The second-order valence-corrected chi connectivity index (χ2v) is 9.26. The maximum atomic E-state index is 13.5. The Kier molecular flexibility index (Phi) is 7.17. The summed E-state index contributed by atoms with van der Waals surface area (Å²) < 4.78 is 6.35. The van der Waals surface area contributed by atoms with Crippen molar-refractivity contribution in [3.8, 4) is 5.75 Å². The summed E-state index contributed by atoms with van der Waals surface area (Å²) in [5.74, 6) is 0.388. The number of imide groups is 1. The molecule has 3 atom stereocenters. The molecule has 0 radical (unpaired) electrons. The molecular formula is C26H26IN3O3. The van der Waals surface area contributed by atoms with Gasteiger partial charge in [0.2, 0.25) is 0 Å². The third-order valence-electron chi connectivity index (χ3n) is 6.01. The minimum absolute atomic E-state index is 0.0631. The van der Waals surface area contributed by atoms with E-state index in [-0.39, 0.29) is 23.9 Å². The average Bonchev–Trinajstić information content (AvgIpc) is 3.14. The summed E-state index contributed by atoms with van der Waals surface area (Å²) in [5.41, 5.74) is 2.74. The summed E-state index contributed by atoms with van der Waals surface area (Å²) in [6.07, 6.45) is 0. The molecule has 0 bridgehead atoms. The van der Waals surface area contributed by atoms with Gasteiger partial charge in [-0.25, -0.2) is 4.79 Å². The van der Waals surface area contributed by atoms with Gasteiger partial charge in [-0.2, -0.15) is 0 Å². The molecule has 0 unspecified atom stereocenters. The van der Waals surface area contributed by atoms with E-state index in [2.05, 4.69) is 40.1 Å². The fourth-order valence-electron chi connectivity index (χ4n) is 4.09. The number of halogens is 1. The normalized spacial score (nSPS) is 17.4. The van der Waals surface area contributed by atoms with Gasteiger partial charge in [0.15, 0.2) is 0 Å². The number of carbonyl (C=O) groups excluding carboxylic acids is 2. The lowest BCUT2D eigenvalue weighted by Crippen LogP contribution is -2.47. The first-order valence-electron chi connectivity index (χ1n) is 10.8. The lowest BCUT2D eigenvalue weighted by Gasteiger charge is -2.31. The van der Waals surface area contributed by atoms with Crippen LogP contribution >= 0.6 is 22.6 Å². The molecule has 1 saturated heterocycles. The fourth-order valence-corrected chi connectivity index (χ4v) is 4.45. The van der Waals surface area contributed by atoms with Crippen LogP contribution < -0.4 is 15.4 Å². The van der Waals surface area contributed by atoms with Gasteiger partial charge in [0.25, 0.3) is 5.91 Å². The molecule has 3 aromatic rings. The lowest BCUT2D eigenvalue weighted by molar-refractivity contribution is -0.129. The van der Waals surface area contributed by atoms with Crippen LogP contribution in [0, 0.1) is 3.57 Å². The van der Waals surface area contributed by atoms with Crippen molar-refractivity contribution in [1.82, 2.24) is 10.2 Å². The molecule has 0 spiro atoms. The Hall–Kier alpha value is -3.07. The number of rotatable bonds is 8. The molecule has 4 rings (SSSR count). The van der Waals surface area contributed by atoms with Gasteiger partial charge in [0.05, 0.1) is 13.2 Å². The average molecular weight is 555 g/mol. The van der Waals surface area contributed by atoms with Crippen molar-refractivity contribution in [2.45, 2.75) is 24.9 Å². The molecule has 1 fully saturated rings. The number of nitrogens with zero attached hydrogens (tertiary/aromatic N) is 1. The van der Waals surface area contributed by atoms with Crippen LogP contribution in [0.5, 0.6) is 5.75 Å². The molecule has 33 heavy (non-hydrogen) atoms. The number of urea groups is 1. The van der Waals surface area contributed by atoms with E-state index in [1.807, 2.05) is 66.7 Å².